The molecule has 0 aliphatic carbocycles. The largest absolute Gasteiger partial charge is 1.00 e. The molecule has 0 spiro atoms. The predicted octanol–water partition coefficient (Wildman–Crippen LogP) is 9.86. The van der Waals surface area contributed by atoms with E-state index in [1.807, 2.05) is 0 Å². The molecule has 0 heterocycles. The molecule has 0 aliphatic rings. The van der Waals surface area contributed by atoms with Crippen LogP contribution in [0.3, 0.4) is 0 Å². The first-order valence-corrected chi connectivity index (χ1v) is 19.2. The summed E-state index contributed by atoms with van der Waals surface area (Å²) in [5, 5.41) is 2.59. The van der Waals surface area contributed by atoms with Crippen LogP contribution in [0.1, 0.15) is 232 Å². The van der Waals surface area contributed by atoms with Gasteiger partial charge in [0, 0.05) is 0 Å². The molecule has 0 aromatic rings. The van der Waals surface area contributed by atoms with Crippen LogP contribution >= 0.6 is 0 Å². The van der Waals surface area contributed by atoms with Crippen molar-refractivity contribution in [3.8, 4) is 0 Å². The third kappa shape index (κ3) is 40.6. The normalized spacial score (nSPS) is 11.2. The van der Waals surface area contributed by atoms with Crippen molar-refractivity contribution in [2.24, 2.45) is 0 Å². The molecule has 0 rings (SSSR count). The fourth-order valence-corrected chi connectivity index (χ4v) is 6.17. The lowest BCUT2D eigenvalue weighted by Gasteiger charge is -2.05. The summed E-state index contributed by atoms with van der Waals surface area (Å²) in [6.45, 7) is 7.36. The van der Waals surface area contributed by atoms with E-state index >= 15 is 0 Å². The summed E-state index contributed by atoms with van der Waals surface area (Å²) in [6, 6.07) is 0. The lowest BCUT2D eigenvalue weighted by Crippen LogP contribution is -3.00. The third-order valence-corrected chi connectivity index (χ3v) is 9.02. The Hall–Kier alpha value is 0.440. The maximum absolute atomic E-state index is 2.59. The van der Waals surface area contributed by atoms with Gasteiger partial charge in [-0.15, -0.1) is 0 Å². The molecule has 0 amide bonds. The zero-order valence-electron chi connectivity index (χ0n) is 28.4. The molecule has 0 aromatic carbocycles. The Kier molecular flexibility index (Phi) is 44.2. The van der Waals surface area contributed by atoms with Crippen LogP contribution in [0.25, 0.3) is 0 Å². The lowest BCUT2D eigenvalue weighted by molar-refractivity contribution is -0.655. The topological polar surface area (TPSA) is 16.6 Å². The van der Waals surface area contributed by atoms with Gasteiger partial charge < -0.3 is 22.3 Å². The van der Waals surface area contributed by atoms with Crippen LogP contribution < -0.4 is 22.3 Å². The molecule has 0 atom stereocenters. The second-order valence-electron chi connectivity index (χ2n) is 13.2. The number of quaternary nitrogens is 1. The van der Waals surface area contributed by atoms with Crippen LogP contribution in [0.2, 0.25) is 0 Å². The highest BCUT2D eigenvalue weighted by molar-refractivity contribution is 4.51. The minimum Gasteiger partial charge on any atom is -1.00 e. The van der Waals surface area contributed by atoms with Gasteiger partial charge in [-0.2, -0.15) is 0 Å². The van der Waals surface area contributed by atoms with E-state index in [0.717, 1.165) is 0 Å². The Morgan fingerprint density at radius 2 is 0.375 bits per heavy atom. The van der Waals surface area contributed by atoms with E-state index < -0.39 is 0 Å². The number of rotatable bonds is 36. The van der Waals surface area contributed by atoms with Gasteiger partial charge in [-0.05, 0) is 25.7 Å². The van der Waals surface area contributed by atoms with E-state index in [-0.39, 0.29) is 17.0 Å². The van der Waals surface area contributed by atoms with Crippen molar-refractivity contribution < 1.29 is 22.3 Å². The van der Waals surface area contributed by atoms with Crippen molar-refractivity contribution in [1.29, 1.82) is 0 Å². The molecule has 244 valence electrons. The number of unbranched alkanes of at least 4 members (excludes halogenated alkanes) is 32. The number of hydrogen-bond donors (Lipinski definition) is 1. The Bertz CT molecular complexity index is 363. The van der Waals surface area contributed by atoms with Crippen molar-refractivity contribution in [3.63, 3.8) is 0 Å². The molecule has 2 heteroatoms. The molecule has 0 radical (unpaired) electrons. The van der Waals surface area contributed by atoms with Crippen LogP contribution in [0.15, 0.2) is 0 Å². The number of halogens is 1. The average molecular weight is 631 g/mol. The van der Waals surface area contributed by atoms with Gasteiger partial charge in [0.2, 0.25) is 0 Å². The molecule has 1 nitrogen and oxygen atoms in total. The van der Waals surface area contributed by atoms with Gasteiger partial charge in [-0.3, -0.25) is 0 Å². The molecule has 0 aliphatic heterocycles. The van der Waals surface area contributed by atoms with E-state index in [1.54, 1.807) is 0 Å². The minimum absolute atomic E-state index is 0. The standard InChI is InChI=1S/C38H79N.BrH/c1-3-5-7-9-11-13-15-17-19-21-23-25-27-29-31-33-35-37-39-38-36-34-32-30-28-26-24-22-20-18-16-14-12-10-8-6-4-2;/h39H,3-38H2,1-2H3;1H. The average Bonchev–Trinajstić information content (AvgIpc) is 2.95. The molecule has 0 unspecified atom stereocenters. The third-order valence-electron chi connectivity index (χ3n) is 9.02. The molecule has 0 aromatic heterocycles. The highest BCUT2D eigenvalue weighted by Gasteiger charge is 1.98. The van der Waals surface area contributed by atoms with E-state index in [1.165, 1.54) is 231 Å². The fourth-order valence-electron chi connectivity index (χ4n) is 6.17. The summed E-state index contributed by atoms with van der Waals surface area (Å²) in [4.78, 5) is 0. The summed E-state index contributed by atoms with van der Waals surface area (Å²) < 4.78 is 0. The summed E-state index contributed by atoms with van der Waals surface area (Å²) in [5.74, 6) is 0. The zero-order valence-corrected chi connectivity index (χ0v) is 30.0. The van der Waals surface area contributed by atoms with Crippen molar-refractivity contribution in [2.45, 2.75) is 232 Å². The smallest absolute Gasteiger partial charge is 0.0755 e. The van der Waals surface area contributed by atoms with Crippen molar-refractivity contribution in [2.75, 3.05) is 13.1 Å². The molecule has 0 fully saturated rings. The van der Waals surface area contributed by atoms with E-state index in [4.69, 9.17) is 0 Å². The Morgan fingerprint density at radius 3 is 0.550 bits per heavy atom. The SMILES string of the molecule is CCCCCCCCCCCCCCCCCCC[NH2+]CCCCCCCCCCCCCCCCCCC.[Br-]. The van der Waals surface area contributed by atoms with Crippen LogP contribution in [0, 0.1) is 0 Å². The van der Waals surface area contributed by atoms with E-state index in [2.05, 4.69) is 19.2 Å². The summed E-state index contributed by atoms with van der Waals surface area (Å²) in [5.41, 5.74) is 0. The maximum Gasteiger partial charge on any atom is 0.0755 e. The molecular weight excluding hydrogens is 550 g/mol. The molecule has 2 N–H and O–H groups in total. The van der Waals surface area contributed by atoms with E-state index in [9.17, 15) is 0 Å². The van der Waals surface area contributed by atoms with Gasteiger partial charge in [-0.1, -0.05) is 206 Å². The van der Waals surface area contributed by atoms with Gasteiger partial charge in [0.1, 0.15) is 0 Å². The van der Waals surface area contributed by atoms with Gasteiger partial charge in [0.25, 0.3) is 0 Å². The van der Waals surface area contributed by atoms with Gasteiger partial charge in [0.05, 0.1) is 13.1 Å². The molecule has 0 saturated carbocycles. The molecule has 0 bridgehead atoms. The second-order valence-corrected chi connectivity index (χ2v) is 13.2. The molecule has 0 saturated heterocycles. The van der Waals surface area contributed by atoms with Crippen LogP contribution in [0.5, 0.6) is 0 Å². The fraction of sp³-hybridized carbons (Fsp3) is 1.00. The maximum atomic E-state index is 2.59. The first-order valence-electron chi connectivity index (χ1n) is 19.2. The van der Waals surface area contributed by atoms with Gasteiger partial charge >= 0.3 is 0 Å². The second kappa shape index (κ2) is 41.6. The quantitative estimate of drug-likeness (QED) is 0.0664. The van der Waals surface area contributed by atoms with Crippen LogP contribution in [-0.2, 0) is 0 Å². The van der Waals surface area contributed by atoms with Crippen LogP contribution in [0.4, 0.5) is 0 Å². The van der Waals surface area contributed by atoms with Crippen molar-refractivity contribution in [1.82, 2.24) is 0 Å². The minimum atomic E-state index is 0. The van der Waals surface area contributed by atoms with Gasteiger partial charge in [0.15, 0.2) is 0 Å². The summed E-state index contributed by atoms with van der Waals surface area (Å²) in [7, 11) is 0. The highest BCUT2D eigenvalue weighted by atomic mass is 79.9. The van der Waals surface area contributed by atoms with Crippen molar-refractivity contribution in [3.05, 3.63) is 0 Å². The van der Waals surface area contributed by atoms with Crippen LogP contribution in [-0.4, -0.2) is 13.1 Å². The summed E-state index contributed by atoms with van der Waals surface area (Å²) in [6.07, 6.45) is 50.0. The zero-order chi connectivity index (χ0) is 28.2. The van der Waals surface area contributed by atoms with Gasteiger partial charge in [-0.25, -0.2) is 0 Å². The molecular formula is C38H80BrN. The Labute approximate surface area is 266 Å². The highest BCUT2D eigenvalue weighted by Crippen LogP contribution is 2.15. The lowest BCUT2D eigenvalue weighted by atomic mass is 10.0. The van der Waals surface area contributed by atoms with E-state index in [0.29, 0.717) is 0 Å². The Balaban J connectivity index is 0. The Morgan fingerprint density at radius 1 is 0.225 bits per heavy atom. The van der Waals surface area contributed by atoms with Crippen molar-refractivity contribution >= 4 is 0 Å². The summed E-state index contributed by atoms with van der Waals surface area (Å²) >= 11 is 0. The predicted molar refractivity (Wildman–Crippen MR) is 180 cm³/mol. The number of hydrogen-bond acceptors (Lipinski definition) is 0. The monoisotopic (exact) mass is 630 g/mol. The molecule has 40 heavy (non-hydrogen) atoms. The number of nitrogens with two attached hydrogens (primary N) is 1. The first kappa shape index (κ1) is 42.6. The first-order chi connectivity index (χ1) is 19.4.